The van der Waals surface area contributed by atoms with Crippen molar-refractivity contribution in [3.05, 3.63) is 33.8 Å². The maximum atomic E-state index is 6.35. The number of aryl methyl sites for hydroxylation is 2. The second kappa shape index (κ2) is 6.55. The number of halogens is 1. The van der Waals surface area contributed by atoms with Crippen LogP contribution in [-0.2, 0) is 17.6 Å². The molecule has 0 spiro atoms. The number of rotatable bonds is 4. The van der Waals surface area contributed by atoms with Crippen molar-refractivity contribution >= 4 is 11.6 Å². The Bertz CT molecular complexity index is 400. The molecule has 18 heavy (non-hydrogen) atoms. The molecule has 100 valence electrons. The molecular formula is C15H22ClNO. The molecule has 3 heteroatoms. The standard InChI is InChI=1S/C15H22ClNO/c1-3-13-11-15(16)14(10-12(13)2)4-5-17-6-8-18-9-7-17/h10-11H,3-9H2,1-2H3. The number of hydrogen-bond acceptors (Lipinski definition) is 2. The Morgan fingerprint density at radius 1 is 1.22 bits per heavy atom. The highest BCUT2D eigenvalue weighted by molar-refractivity contribution is 6.31. The van der Waals surface area contributed by atoms with Crippen LogP contribution in [0.5, 0.6) is 0 Å². The lowest BCUT2D eigenvalue weighted by Gasteiger charge is -2.26. The molecule has 1 heterocycles. The Morgan fingerprint density at radius 2 is 1.94 bits per heavy atom. The molecule has 0 bridgehead atoms. The minimum Gasteiger partial charge on any atom is -0.379 e. The maximum absolute atomic E-state index is 6.35. The van der Waals surface area contributed by atoms with Crippen molar-refractivity contribution in [3.8, 4) is 0 Å². The molecular weight excluding hydrogens is 246 g/mol. The minimum absolute atomic E-state index is 0.863. The third-order valence-corrected chi connectivity index (χ3v) is 4.04. The molecule has 1 aromatic rings. The summed E-state index contributed by atoms with van der Waals surface area (Å²) in [5.41, 5.74) is 3.99. The van der Waals surface area contributed by atoms with Crippen molar-refractivity contribution in [2.24, 2.45) is 0 Å². The van der Waals surface area contributed by atoms with Gasteiger partial charge in [-0.3, -0.25) is 4.90 Å². The Labute approximate surface area is 115 Å². The molecule has 1 saturated heterocycles. The molecule has 1 fully saturated rings. The maximum Gasteiger partial charge on any atom is 0.0594 e. The number of hydrogen-bond donors (Lipinski definition) is 0. The van der Waals surface area contributed by atoms with Crippen molar-refractivity contribution in [3.63, 3.8) is 0 Å². The molecule has 0 radical (unpaired) electrons. The summed E-state index contributed by atoms with van der Waals surface area (Å²) in [4.78, 5) is 2.45. The van der Waals surface area contributed by atoms with Gasteiger partial charge in [0.15, 0.2) is 0 Å². The smallest absolute Gasteiger partial charge is 0.0594 e. The summed E-state index contributed by atoms with van der Waals surface area (Å²) in [6, 6.07) is 4.38. The first kappa shape index (κ1) is 13.9. The van der Waals surface area contributed by atoms with E-state index >= 15 is 0 Å². The van der Waals surface area contributed by atoms with Crippen molar-refractivity contribution < 1.29 is 4.74 Å². The van der Waals surface area contributed by atoms with Gasteiger partial charge >= 0.3 is 0 Å². The van der Waals surface area contributed by atoms with Crippen LogP contribution in [0.25, 0.3) is 0 Å². The third kappa shape index (κ3) is 3.47. The molecule has 0 aromatic heterocycles. The molecule has 0 aliphatic carbocycles. The lowest BCUT2D eigenvalue weighted by Crippen LogP contribution is -2.37. The van der Waals surface area contributed by atoms with E-state index in [4.69, 9.17) is 16.3 Å². The summed E-state index contributed by atoms with van der Waals surface area (Å²) < 4.78 is 5.36. The zero-order valence-electron chi connectivity index (χ0n) is 11.3. The molecule has 0 unspecified atom stereocenters. The van der Waals surface area contributed by atoms with Crippen LogP contribution in [0, 0.1) is 6.92 Å². The van der Waals surface area contributed by atoms with Crippen LogP contribution in [0.4, 0.5) is 0 Å². The van der Waals surface area contributed by atoms with Gasteiger partial charge in [0.25, 0.3) is 0 Å². The van der Waals surface area contributed by atoms with Crippen LogP contribution in [0.1, 0.15) is 23.6 Å². The van der Waals surface area contributed by atoms with Crippen LogP contribution >= 0.6 is 11.6 Å². The monoisotopic (exact) mass is 267 g/mol. The fourth-order valence-corrected chi connectivity index (χ4v) is 2.74. The first-order valence-corrected chi connectivity index (χ1v) is 7.16. The normalized spacial score (nSPS) is 17.1. The van der Waals surface area contributed by atoms with Gasteiger partial charge in [0, 0.05) is 24.7 Å². The van der Waals surface area contributed by atoms with Gasteiger partial charge in [-0.15, -0.1) is 0 Å². The van der Waals surface area contributed by atoms with Gasteiger partial charge in [0.1, 0.15) is 0 Å². The van der Waals surface area contributed by atoms with E-state index in [1.807, 2.05) is 0 Å². The van der Waals surface area contributed by atoms with E-state index in [9.17, 15) is 0 Å². The molecule has 0 atom stereocenters. The highest BCUT2D eigenvalue weighted by atomic mass is 35.5. The van der Waals surface area contributed by atoms with E-state index in [-0.39, 0.29) is 0 Å². The van der Waals surface area contributed by atoms with Crippen molar-refractivity contribution in [1.82, 2.24) is 4.90 Å². The molecule has 1 aliphatic rings. The molecule has 1 aromatic carbocycles. The number of benzene rings is 1. The second-order valence-corrected chi connectivity index (χ2v) is 5.33. The Kier molecular flexibility index (Phi) is 5.04. The van der Waals surface area contributed by atoms with Crippen LogP contribution < -0.4 is 0 Å². The molecule has 0 N–H and O–H groups in total. The van der Waals surface area contributed by atoms with Gasteiger partial charge in [-0.2, -0.15) is 0 Å². The van der Waals surface area contributed by atoms with Gasteiger partial charge in [-0.05, 0) is 42.5 Å². The Hall–Kier alpha value is -0.570. The molecule has 1 aliphatic heterocycles. The van der Waals surface area contributed by atoms with Crippen LogP contribution in [0.3, 0.4) is 0 Å². The average molecular weight is 268 g/mol. The highest BCUT2D eigenvalue weighted by Gasteiger charge is 2.11. The summed E-state index contributed by atoms with van der Waals surface area (Å²) in [6.07, 6.45) is 2.08. The van der Waals surface area contributed by atoms with Crippen molar-refractivity contribution in [2.75, 3.05) is 32.8 Å². The van der Waals surface area contributed by atoms with Gasteiger partial charge in [0.05, 0.1) is 13.2 Å². The molecule has 0 amide bonds. The fraction of sp³-hybridized carbons (Fsp3) is 0.600. The Morgan fingerprint density at radius 3 is 2.61 bits per heavy atom. The predicted octanol–water partition coefficient (Wildman–Crippen LogP) is 3.09. The number of nitrogens with zero attached hydrogens (tertiary/aromatic N) is 1. The first-order chi connectivity index (χ1) is 8.70. The van der Waals surface area contributed by atoms with Gasteiger partial charge < -0.3 is 4.74 Å². The van der Waals surface area contributed by atoms with Gasteiger partial charge in [-0.1, -0.05) is 24.6 Å². The van der Waals surface area contributed by atoms with Crippen molar-refractivity contribution in [1.29, 1.82) is 0 Å². The lowest BCUT2D eigenvalue weighted by molar-refractivity contribution is 0.0384. The van der Waals surface area contributed by atoms with E-state index in [1.54, 1.807) is 0 Å². The Balaban J connectivity index is 1.98. The molecule has 2 nitrogen and oxygen atoms in total. The summed E-state index contributed by atoms with van der Waals surface area (Å²) in [5, 5.41) is 0.922. The second-order valence-electron chi connectivity index (χ2n) is 4.93. The van der Waals surface area contributed by atoms with Gasteiger partial charge in [-0.25, -0.2) is 0 Å². The van der Waals surface area contributed by atoms with E-state index in [1.165, 1.54) is 16.7 Å². The third-order valence-electron chi connectivity index (χ3n) is 3.69. The van der Waals surface area contributed by atoms with E-state index in [2.05, 4.69) is 30.9 Å². The quantitative estimate of drug-likeness (QED) is 0.831. The fourth-order valence-electron chi connectivity index (χ4n) is 2.46. The largest absolute Gasteiger partial charge is 0.379 e. The molecule has 2 rings (SSSR count). The van der Waals surface area contributed by atoms with E-state index in [0.29, 0.717) is 0 Å². The minimum atomic E-state index is 0.863. The van der Waals surface area contributed by atoms with Crippen LogP contribution in [0.15, 0.2) is 12.1 Å². The highest BCUT2D eigenvalue weighted by Crippen LogP contribution is 2.22. The van der Waals surface area contributed by atoms with E-state index < -0.39 is 0 Å². The predicted molar refractivity (Wildman–Crippen MR) is 76.5 cm³/mol. The topological polar surface area (TPSA) is 12.5 Å². The number of morpholine rings is 1. The van der Waals surface area contributed by atoms with E-state index in [0.717, 1.165) is 50.7 Å². The SMILES string of the molecule is CCc1cc(Cl)c(CCN2CCOCC2)cc1C. The summed E-state index contributed by atoms with van der Waals surface area (Å²) in [5.74, 6) is 0. The summed E-state index contributed by atoms with van der Waals surface area (Å²) in [7, 11) is 0. The zero-order chi connectivity index (χ0) is 13.0. The summed E-state index contributed by atoms with van der Waals surface area (Å²) >= 11 is 6.35. The number of ether oxygens (including phenoxy) is 1. The van der Waals surface area contributed by atoms with Crippen LogP contribution in [-0.4, -0.2) is 37.7 Å². The van der Waals surface area contributed by atoms with Gasteiger partial charge in [0.2, 0.25) is 0 Å². The lowest BCUT2D eigenvalue weighted by atomic mass is 10.0. The van der Waals surface area contributed by atoms with Crippen molar-refractivity contribution in [2.45, 2.75) is 26.7 Å². The zero-order valence-corrected chi connectivity index (χ0v) is 12.1. The first-order valence-electron chi connectivity index (χ1n) is 6.78. The molecule has 0 saturated carbocycles. The summed E-state index contributed by atoms with van der Waals surface area (Å²) in [6.45, 7) is 9.24. The van der Waals surface area contributed by atoms with Crippen LogP contribution in [0.2, 0.25) is 5.02 Å². The average Bonchev–Trinajstić information content (AvgIpc) is 2.40.